The third-order valence-corrected chi connectivity index (χ3v) is 3.33. The van der Waals surface area contributed by atoms with E-state index in [4.69, 9.17) is 23.2 Å². The second kappa shape index (κ2) is 5.77. The van der Waals surface area contributed by atoms with Gasteiger partial charge >= 0.3 is 12.1 Å². The Morgan fingerprint density at radius 3 is 2.32 bits per heavy atom. The van der Waals surface area contributed by atoms with Crippen molar-refractivity contribution in [3.63, 3.8) is 0 Å². The summed E-state index contributed by atoms with van der Waals surface area (Å²) in [5.41, 5.74) is -1.48. The van der Waals surface area contributed by atoms with Gasteiger partial charge in [-0.1, -0.05) is 23.2 Å². The molecule has 1 aliphatic rings. The molecule has 0 spiro atoms. The topological polar surface area (TPSA) is 59.0 Å². The number of alkyl halides is 3. The van der Waals surface area contributed by atoms with Crippen LogP contribution in [0.2, 0.25) is 10.0 Å². The standard InChI is InChI=1S/C12H7Cl2F3N2O3/c1-22-11(21)8-4-9(20)19(18-8)10-6(13)2-5(3-7(10)14)12(15,16)17/h2-3H,4H2,1H3. The summed E-state index contributed by atoms with van der Waals surface area (Å²) in [6.45, 7) is 0. The number of amides is 1. The second-order valence-electron chi connectivity index (χ2n) is 4.21. The fraction of sp³-hybridized carbons (Fsp3) is 0.250. The highest BCUT2D eigenvalue weighted by atomic mass is 35.5. The van der Waals surface area contributed by atoms with Gasteiger partial charge in [0.15, 0.2) is 5.71 Å². The van der Waals surface area contributed by atoms with Crippen molar-refractivity contribution in [2.75, 3.05) is 12.1 Å². The lowest BCUT2D eigenvalue weighted by Gasteiger charge is -2.17. The van der Waals surface area contributed by atoms with Crippen molar-refractivity contribution in [3.8, 4) is 0 Å². The summed E-state index contributed by atoms with van der Waals surface area (Å²) in [7, 11) is 1.11. The van der Waals surface area contributed by atoms with Crippen LogP contribution in [0.3, 0.4) is 0 Å². The molecule has 10 heteroatoms. The molecule has 0 fully saturated rings. The first-order valence-corrected chi connectivity index (χ1v) is 6.45. The van der Waals surface area contributed by atoms with E-state index >= 15 is 0 Å². The van der Waals surface area contributed by atoms with Crippen molar-refractivity contribution in [3.05, 3.63) is 27.7 Å². The van der Waals surface area contributed by atoms with Gasteiger partial charge < -0.3 is 4.74 Å². The number of rotatable bonds is 2. The lowest BCUT2D eigenvalue weighted by molar-refractivity contribution is -0.137. The number of carbonyl (C=O) groups excluding carboxylic acids is 2. The van der Waals surface area contributed by atoms with Gasteiger partial charge in [-0.15, -0.1) is 0 Å². The number of carbonyl (C=O) groups is 2. The Balaban J connectivity index is 2.48. The van der Waals surface area contributed by atoms with Crippen LogP contribution < -0.4 is 5.01 Å². The molecule has 1 aromatic rings. The summed E-state index contributed by atoms with van der Waals surface area (Å²) in [5, 5.41) is 3.56. The maximum atomic E-state index is 12.7. The highest BCUT2D eigenvalue weighted by molar-refractivity contribution is 6.44. The van der Waals surface area contributed by atoms with Gasteiger partial charge in [0.1, 0.15) is 5.69 Å². The summed E-state index contributed by atoms with van der Waals surface area (Å²) in [6, 6.07) is 1.25. The molecule has 2 rings (SSSR count). The number of esters is 1. The summed E-state index contributed by atoms with van der Waals surface area (Å²) in [5.74, 6) is -1.49. The smallest absolute Gasteiger partial charge is 0.416 e. The summed E-state index contributed by atoms with van der Waals surface area (Å²) in [6.07, 6.45) is -5.00. The SMILES string of the molecule is COC(=O)C1=NN(c2c(Cl)cc(C(F)(F)F)cc2Cl)C(=O)C1. The molecule has 0 bridgehead atoms. The summed E-state index contributed by atoms with van der Waals surface area (Å²) >= 11 is 11.6. The molecule has 5 nitrogen and oxygen atoms in total. The Kier molecular flexibility index (Phi) is 4.35. The molecule has 1 heterocycles. The van der Waals surface area contributed by atoms with Crippen LogP contribution >= 0.6 is 23.2 Å². The van der Waals surface area contributed by atoms with Gasteiger partial charge in [0.2, 0.25) is 0 Å². The fourth-order valence-electron chi connectivity index (χ4n) is 1.77. The largest absolute Gasteiger partial charge is 0.464 e. The van der Waals surface area contributed by atoms with Gasteiger partial charge in [0, 0.05) is 0 Å². The number of hydrogen-bond acceptors (Lipinski definition) is 4. The van der Waals surface area contributed by atoms with Crippen LogP contribution in [0.4, 0.5) is 18.9 Å². The Bertz CT molecular complexity index is 666. The number of hydrazone groups is 1. The molecular weight excluding hydrogens is 348 g/mol. The number of halogens is 5. The van der Waals surface area contributed by atoms with Crippen LogP contribution in [-0.2, 0) is 20.5 Å². The zero-order valence-corrected chi connectivity index (χ0v) is 12.4. The van der Waals surface area contributed by atoms with Crippen LogP contribution in [0.1, 0.15) is 12.0 Å². The van der Waals surface area contributed by atoms with Crippen molar-refractivity contribution in [1.29, 1.82) is 0 Å². The molecule has 22 heavy (non-hydrogen) atoms. The third-order valence-electron chi connectivity index (χ3n) is 2.75. The normalized spacial score (nSPS) is 15.1. The average molecular weight is 355 g/mol. The Labute approximate surface area is 132 Å². The molecule has 0 N–H and O–H groups in total. The van der Waals surface area contributed by atoms with E-state index < -0.39 is 33.7 Å². The molecule has 0 saturated carbocycles. The monoisotopic (exact) mass is 354 g/mol. The van der Waals surface area contributed by atoms with Crippen molar-refractivity contribution in [2.24, 2.45) is 5.10 Å². The molecule has 118 valence electrons. The van der Waals surface area contributed by atoms with Crippen LogP contribution in [0, 0.1) is 0 Å². The van der Waals surface area contributed by atoms with Gasteiger partial charge in [-0.25, -0.2) is 4.79 Å². The van der Waals surface area contributed by atoms with E-state index in [1.54, 1.807) is 0 Å². The van der Waals surface area contributed by atoms with Crippen molar-refractivity contribution in [2.45, 2.75) is 12.6 Å². The van der Waals surface area contributed by atoms with E-state index in [0.29, 0.717) is 17.1 Å². The molecule has 1 aliphatic heterocycles. The zero-order valence-electron chi connectivity index (χ0n) is 10.9. The Hall–Kier alpha value is -1.80. The van der Waals surface area contributed by atoms with Crippen molar-refractivity contribution >= 4 is 46.5 Å². The first-order chi connectivity index (χ1) is 10.1. The predicted octanol–water partition coefficient (Wildman–Crippen LogP) is 3.28. The summed E-state index contributed by atoms with van der Waals surface area (Å²) < 4.78 is 42.4. The van der Waals surface area contributed by atoms with Crippen LogP contribution in [0.15, 0.2) is 17.2 Å². The van der Waals surface area contributed by atoms with Gasteiger partial charge in [-0.2, -0.15) is 23.3 Å². The fourth-order valence-corrected chi connectivity index (χ4v) is 2.41. The predicted molar refractivity (Wildman–Crippen MR) is 73.0 cm³/mol. The first-order valence-electron chi connectivity index (χ1n) is 5.70. The maximum absolute atomic E-state index is 12.7. The van der Waals surface area contributed by atoms with Gasteiger partial charge in [0.05, 0.1) is 29.1 Å². The van der Waals surface area contributed by atoms with E-state index in [1.165, 1.54) is 0 Å². The average Bonchev–Trinajstić information content (AvgIpc) is 2.78. The highest BCUT2D eigenvalue weighted by Gasteiger charge is 2.36. The van der Waals surface area contributed by atoms with Gasteiger partial charge in [-0.05, 0) is 12.1 Å². The van der Waals surface area contributed by atoms with E-state index in [2.05, 4.69) is 9.84 Å². The van der Waals surface area contributed by atoms with E-state index in [0.717, 1.165) is 7.11 Å². The first kappa shape index (κ1) is 16.6. The minimum atomic E-state index is -4.64. The minimum absolute atomic E-state index is 0.195. The minimum Gasteiger partial charge on any atom is -0.464 e. The number of hydrogen-bond donors (Lipinski definition) is 0. The number of anilines is 1. The van der Waals surface area contributed by atoms with Crippen molar-refractivity contribution in [1.82, 2.24) is 0 Å². The Morgan fingerprint density at radius 1 is 1.32 bits per heavy atom. The van der Waals surface area contributed by atoms with E-state index in [-0.39, 0.29) is 17.8 Å². The molecule has 1 aromatic carbocycles. The summed E-state index contributed by atoms with van der Waals surface area (Å²) in [4.78, 5) is 23.2. The zero-order chi connectivity index (χ0) is 16.7. The van der Waals surface area contributed by atoms with Gasteiger partial charge in [0.25, 0.3) is 5.91 Å². The highest BCUT2D eigenvalue weighted by Crippen LogP contribution is 2.41. The van der Waals surface area contributed by atoms with E-state index in [1.807, 2.05) is 0 Å². The molecule has 0 saturated heterocycles. The third kappa shape index (κ3) is 3.02. The van der Waals surface area contributed by atoms with Crippen LogP contribution in [-0.4, -0.2) is 24.7 Å². The molecular formula is C12H7Cl2F3N2O3. The lowest BCUT2D eigenvalue weighted by atomic mass is 10.2. The number of methoxy groups -OCH3 is 1. The molecule has 0 aliphatic carbocycles. The number of benzene rings is 1. The van der Waals surface area contributed by atoms with Crippen LogP contribution in [0.25, 0.3) is 0 Å². The molecule has 1 amide bonds. The molecule has 0 atom stereocenters. The number of ether oxygens (including phenoxy) is 1. The maximum Gasteiger partial charge on any atom is 0.416 e. The quantitative estimate of drug-likeness (QED) is 0.765. The van der Waals surface area contributed by atoms with E-state index in [9.17, 15) is 22.8 Å². The molecule has 0 radical (unpaired) electrons. The lowest BCUT2D eigenvalue weighted by Crippen LogP contribution is -2.21. The molecule has 0 aromatic heterocycles. The van der Waals surface area contributed by atoms with Crippen molar-refractivity contribution < 1.29 is 27.5 Å². The molecule has 0 unspecified atom stereocenters. The Morgan fingerprint density at radius 2 is 1.86 bits per heavy atom. The van der Waals surface area contributed by atoms with Gasteiger partial charge in [-0.3, -0.25) is 4.79 Å². The number of nitrogens with zero attached hydrogens (tertiary/aromatic N) is 2. The van der Waals surface area contributed by atoms with Crippen LogP contribution in [0.5, 0.6) is 0 Å². The second-order valence-corrected chi connectivity index (χ2v) is 5.02.